The second-order valence-electron chi connectivity index (χ2n) is 5.93. The molecule has 0 spiro atoms. The lowest BCUT2D eigenvalue weighted by Gasteiger charge is -2.13. The summed E-state index contributed by atoms with van der Waals surface area (Å²) in [4.78, 5) is 0.188. The first-order valence-corrected chi connectivity index (χ1v) is 9.64. The quantitative estimate of drug-likeness (QED) is 0.686. The van der Waals surface area contributed by atoms with E-state index >= 15 is 0 Å². The minimum Gasteiger partial charge on any atom is -0.494 e. The first-order chi connectivity index (χ1) is 12.2. The Labute approximate surface area is 150 Å². The van der Waals surface area contributed by atoms with Gasteiger partial charge >= 0.3 is 0 Å². The molecular weight excluding hydrogens is 360 g/mol. The molecule has 0 aliphatic rings. The summed E-state index contributed by atoms with van der Waals surface area (Å²) >= 11 is 0. The number of benzene rings is 2. The van der Waals surface area contributed by atoms with Crippen LogP contribution < -0.4 is 4.74 Å². The largest absolute Gasteiger partial charge is 0.494 e. The summed E-state index contributed by atoms with van der Waals surface area (Å²) in [5.41, 5.74) is 1.96. The number of nitrogens with zero attached hydrogens (tertiary/aromatic N) is 1. The highest BCUT2D eigenvalue weighted by molar-refractivity contribution is 7.90. The van der Waals surface area contributed by atoms with Gasteiger partial charge in [-0.2, -0.15) is 4.39 Å². The number of aryl methyl sites for hydroxylation is 1. The lowest BCUT2D eigenvalue weighted by Crippen LogP contribution is -2.02. The number of methoxy groups -OCH3 is 1. The molecule has 0 atom stereocenters. The molecule has 3 aromatic rings. The third kappa shape index (κ3) is 3.10. The van der Waals surface area contributed by atoms with Crippen molar-refractivity contribution in [1.82, 2.24) is 4.57 Å². The van der Waals surface area contributed by atoms with Crippen molar-refractivity contribution in [3.05, 3.63) is 65.9 Å². The fourth-order valence-electron chi connectivity index (χ4n) is 2.81. The summed E-state index contributed by atoms with van der Waals surface area (Å²) in [6.07, 6.45) is 2.85. The molecule has 26 heavy (non-hydrogen) atoms. The Morgan fingerprint density at radius 2 is 1.62 bits per heavy atom. The monoisotopic (exact) mass is 377 g/mol. The standard InChI is InChI=1S/C19H17F2NO3S/c1-12-10-11-22(13-4-6-14(7-5-13)26(3,23)24)19(12)15-8-9-16(25-2)18(21)17(15)20/h4-11H,1-3H3. The van der Waals surface area contributed by atoms with E-state index < -0.39 is 21.5 Å². The van der Waals surface area contributed by atoms with Crippen molar-refractivity contribution in [2.45, 2.75) is 11.8 Å². The van der Waals surface area contributed by atoms with Crippen molar-refractivity contribution < 1.29 is 21.9 Å². The molecular formula is C19H17F2NO3S. The Bertz CT molecular complexity index is 1070. The van der Waals surface area contributed by atoms with Crippen molar-refractivity contribution in [3.63, 3.8) is 0 Å². The van der Waals surface area contributed by atoms with E-state index in [0.29, 0.717) is 11.4 Å². The van der Waals surface area contributed by atoms with Gasteiger partial charge in [0.25, 0.3) is 0 Å². The molecule has 0 aliphatic carbocycles. The first kappa shape index (κ1) is 18.1. The Hall–Kier alpha value is -2.67. The zero-order valence-corrected chi connectivity index (χ0v) is 15.3. The summed E-state index contributed by atoms with van der Waals surface area (Å²) in [7, 11) is -2.04. The summed E-state index contributed by atoms with van der Waals surface area (Å²) in [6.45, 7) is 1.79. The Balaban J connectivity index is 2.16. The van der Waals surface area contributed by atoms with Gasteiger partial charge in [-0.15, -0.1) is 0 Å². The fraction of sp³-hybridized carbons (Fsp3) is 0.158. The normalized spacial score (nSPS) is 11.6. The average molecular weight is 377 g/mol. The summed E-state index contributed by atoms with van der Waals surface area (Å²) in [5, 5.41) is 0. The molecule has 0 radical (unpaired) electrons. The molecule has 0 saturated carbocycles. The lowest BCUT2D eigenvalue weighted by atomic mass is 10.1. The Morgan fingerprint density at radius 1 is 0.962 bits per heavy atom. The second kappa shape index (κ2) is 6.57. The fourth-order valence-corrected chi connectivity index (χ4v) is 3.44. The van der Waals surface area contributed by atoms with Crippen LogP contribution in [0.5, 0.6) is 5.75 Å². The van der Waals surface area contributed by atoms with Gasteiger partial charge in [-0.3, -0.25) is 0 Å². The van der Waals surface area contributed by atoms with E-state index in [1.54, 1.807) is 35.9 Å². The SMILES string of the molecule is COc1ccc(-c2c(C)ccn2-c2ccc(S(C)(=O)=O)cc2)c(F)c1F. The number of hydrogen-bond donors (Lipinski definition) is 0. The highest BCUT2D eigenvalue weighted by Gasteiger charge is 2.20. The molecule has 3 rings (SSSR count). The summed E-state index contributed by atoms with van der Waals surface area (Å²) < 4.78 is 58.4. The molecule has 0 N–H and O–H groups in total. The Morgan fingerprint density at radius 3 is 2.19 bits per heavy atom. The van der Waals surface area contributed by atoms with E-state index in [2.05, 4.69) is 0 Å². The smallest absolute Gasteiger partial charge is 0.201 e. The molecule has 0 fully saturated rings. The minimum atomic E-state index is -3.31. The molecule has 136 valence electrons. The molecule has 0 unspecified atom stereocenters. The number of halogens is 2. The van der Waals surface area contributed by atoms with Gasteiger partial charge in [0.2, 0.25) is 5.82 Å². The zero-order chi connectivity index (χ0) is 19.1. The third-order valence-corrected chi connectivity index (χ3v) is 5.28. The Kier molecular flexibility index (Phi) is 4.58. The highest BCUT2D eigenvalue weighted by atomic mass is 32.2. The maximum atomic E-state index is 14.6. The van der Waals surface area contributed by atoms with Gasteiger partial charge in [0, 0.05) is 23.7 Å². The van der Waals surface area contributed by atoms with Gasteiger partial charge in [-0.25, -0.2) is 12.8 Å². The number of aromatic nitrogens is 1. The van der Waals surface area contributed by atoms with Crippen molar-refractivity contribution >= 4 is 9.84 Å². The van der Waals surface area contributed by atoms with Gasteiger partial charge in [-0.05, 0) is 55.0 Å². The van der Waals surface area contributed by atoms with Gasteiger partial charge in [0.1, 0.15) is 0 Å². The number of rotatable bonds is 4. The van der Waals surface area contributed by atoms with Crippen molar-refractivity contribution in [2.24, 2.45) is 0 Å². The number of ether oxygens (including phenoxy) is 1. The predicted molar refractivity (Wildman–Crippen MR) is 95.5 cm³/mol. The first-order valence-electron chi connectivity index (χ1n) is 7.75. The molecule has 1 aromatic heterocycles. The highest BCUT2D eigenvalue weighted by Crippen LogP contribution is 2.33. The molecule has 2 aromatic carbocycles. The summed E-state index contributed by atoms with van der Waals surface area (Å²) in [6, 6.07) is 10.8. The van der Waals surface area contributed by atoms with Crippen LogP contribution >= 0.6 is 0 Å². The van der Waals surface area contributed by atoms with E-state index in [-0.39, 0.29) is 16.2 Å². The molecule has 0 saturated heterocycles. The molecule has 0 bridgehead atoms. The van der Waals surface area contributed by atoms with Crippen LogP contribution in [-0.2, 0) is 9.84 Å². The summed E-state index contributed by atoms with van der Waals surface area (Å²) in [5.74, 6) is -2.22. The van der Waals surface area contributed by atoms with E-state index in [9.17, 15) is 17.2 Å². The molecule has 1 heterocycles. The van der Waals surface area contributed by atoms with Crippen LogP contribution in [0.2, 0.25) is 0 Å². The van der Waals surface area contributed by atoms with Crippen molar-refractivity contribution in [1.29, 1.82) is 0 Å². The van der Waals surface area contributed by atoms with Gasteiger partial charge in [-0.1, -0.05) is 0 Å². The van der Waals surface area contributed by atoms with Crippen LogP contribution in [0.3, 0.4) is 0 Å². The van der Waals surface area contributed by atoms with Crippen LogP contribution in [0.4, 0.5) is 8.78 Å². The van der Waals surface area contributed by atoms with E-state index in [1.807, 2.05) is 0 Å². The van der Waals surface area contributed by atoms with Crippen LogP contribution in [0.15, 0.2) is 53.6 Å². The molecule has 4 nitrogen and oxygen atoms in total. The maximum absolute atomic E-state index is 14.6. The topological polar surface area (TPSA) is 48.3 Å². The van der Waals surface area contributed by atoms with E-state index in [0.717, 1.165) is 11.8 Å². The van der Waals surface area contributed by atoms with Crippen LogP contribution in [-0.4, -0.2) is 26.4 Å². The zero-order valence-electron chi connectivity index (χ0n) is 14.5. The van der Waals surface area contributed by atoms with Gasteiger partial charge < -0.3 is 9.30 Å². The van der Waals surface area contributed by atoms with E-state index in [1.165, 1.54) is 31.4 Å². The number of hydrogen-bond acceptors (Lipinski definition) is 3. The van der Waals surface area contributed by atoms with Crippen molar-refractivity contribution in [2.75, 3.05) is 13.4 Å². The van der Waals surface area contributed by atoms with Crippen LogP contribution in [0.1, 0.15) is 5.56 Å². The average Bonchev–Trinajstić information content (AvgIpc) is 2.98. The second-order valence-corrected chi connectivity index (χ2v) is 7.94. The van der Waals surface area contributed by atoms with E-state index in [4.69, 9.17) is 4.74 Å². The molecule has 0 amide bonds. The number of sulfone groups is 1. The minimum absolute atomic E-state index is 0.0954. The lowest BCUT2D eigenvalue weighted by molar-refractivity contribution is 0.372. The van der Waals surface area contributed by atoms with Crippen molar-refractivity contribution in [3.8, 4) is 22.7 Å². The predicted octanol–water partition coefficient (Wildman–Crippen LogP) is 4.14. The molecule has 7 heteroatoms. The van der Waals surface area contributed by atoms with Gasteiger partial charge in [0.05, 0.1) is 17.7 Å². The van der Waals surface area contributed by atoms with Gasteiger partial charge in [0.15, 0.2) is 21.4 Å². The maximum Gasteiger partial charge on any atom is 0.201 e. The third-order valence-electron chi connectivity index (χ3n) is 4.15. The molecule has 0 aliphatic heterocycles. The van der Waals surface area contributed by atoms with Crippen LogP contribution in [0.25, 0.3) is 16.9 Å². The van der Waals surface area contributed by atoms with Crippen LogP contribution in [0, 0.1) is 18.6 Å².